The molecule has 1 aromatic rings. The average molecular weight is 201 g/mol. The van der Waals surface area contributed by atoms with Crippen LogP contribution >= 0.6 is 11.6 Å². The van der Waals surface area contributed by atoms with Crippen LogP contribution in [-0.2, 0) is 5.60 Å². The minimum atomic E-state index is -0.828. The molecular formula is C10H10ClFO. The van der Waals surface area contributed by atoms with Crippen LogP contribution in [0.4, 0.5) is 4.39 Å². The number of hydrogen-bond donors (Lipinski definition) is 1. The summed E-state index contributed by atoms with van der Waals surface area (Å²) in [7, 11) is 0. The number of halogens is 2. The Labute approximate surface area is 81.1 Å². The predicted molar refractivity (Wildman–Crippen MR) is 49.2 cm³/mol. The lowest BCUT2D eigenvalue weighted by Gasteiger charge is -2.37. The van der Waals surface area contributed by atoms with Crippen molar-refractivity contribution in [3.05, 3.63) is 34.6 Å². The van der Waals surface area contributed by atoms with Gasteiger partial charge in [-0.1, -0.05) is 11.6 Å². The molecule has 1 aliphatic carbocycles. The van der Waals surface area contributed by atoms with Gasteiger partial charge in [0.25, 0.3) is 0 Å². The van der Waals surface area contributed by atoms with Gasteiger partial charge in [-0.3, -0.25) is 0 Å². The number of aliphatic hydroxyl groups is 1. The molecule has 0 aliphatic heterocycles. The van der Waals surface area contributed by atoms with Crippen LogP contribution in [0.5, 0.6) is 0 Å². The van der Waals surface area contributed by atoms with Gasteiger partial charge >= 0.3 is 0 Å². The summed E-state index contributed by atoms with van der Waals surface area (Å²) < 4.78 is 12.9. The molecule has 1 aliphatic rings. The van der Waals surface area contributed by atoms with Gasteiger partial charge in [-0.05, 0) is 43.0 Å². The molecule has 1 saturated carbocycles. The van der Waals surface area contributed by atoms with Crippen molar-refractivity contribution in [2.45, 2.75) is 24.9 Å². The van der Waals surface area contributed by atoms with Crippen LogP contribution in [0.15, 0.2) is 18.2 Å². The van der Waals surface area contributed by atoms with Gasteiger partial charge in [-0.25, -0.2) is 4.39 Å². The fourth-order valence-corrected chi connectivity index (χ4v) is 1.84. The number of hydrogen-bond acceptors (Lipinski definition) is 1. The third-order valence-electron chi connectivity index (χ3n) is 2.58. The summed E-state index contributed by atoms with van der Waals surface area (Å²) in [6.45, 7) is 0. The number of benzene rings is 1. The van der Waals surface area contributed by atoms with E-state index < -0.39 is 5.60 Å². The molecule has 0 amide bonds. The Morgan fingerprint density at radius 2 is 2.00 bits per heavy atom. The summed E-state index contributed by atoms with van der Waals surface area (Å²) in [6, 6.07) is 4.22. The van der Waals surface area contributed by atoms with Crippen molar-refractivity contribution in [2.75, 3.05) is 0 Å². The van der Waals surface area contributed by atoms with Crippen LogP contribution in [0, 0.1) is 5.82 Å². The SMILES string of the molecule is OC1(c2cc(F)cc(Cl)c2)CCC1. The second kappa shape index (κ2) is 2.96. The molecule has 0 heterocycles. The monoisotopic (exact) mass is 200 g/mol. The lowest BCUT2D eigenvalue weighted by atomic mass is 9.75. The van der Waals surface area contributed by atoms with Crippen LogP contribution in [0.1, 0.15) is 24.8 Å². The first-order valence-electron chi connectivity index (χ1n) is 4.29. The van der Waals surface area contributed by atoms with E-state index in [1.54, 1.807) is 6.07 Å². The number of rotatable bonds is 1. The Morgan fingerprint density at radius 1 is 1.31 bits per heavy atom. The van der Waals surface area contributed by atoms with Crippen LogP contribution in [0.25, 0.3) is 0 Å². The Morgan fingerprint density at radius 3 is 2.46 bits per heavy atom. The van der Waals surface area contributed by atoms with Crippen molar-refractivity contribution >= 4 is 11.6 Å². The maximum absolute atomic E-state index is 12.9. The minimum Gasteiger partial charge on any atom is -0.385 e. The first kappa shape index (κ1) is 8.97. The zero-order valence-corrected chi connectivity index (χ0v) is 7.81. The van der Waals surface area contributed by atoms with E-state index in [1.807, 2.05) is 0 Å². The molecule has 1 nitrogen and oxygen atoms in total. The van der Waals surface area contributed by atoms with Crippen molar-refractivity contribution in [2.24, 2.45) is 0 Å². The highest BCUT2D eigenvalue weighted by Gasteiger charge is 2.36. The first-order valence-corrected chi connectivity index (χ1v) is 4.67. The predicted octanol–water partition coefficient (Wildman–Crippen LogP) is 2.85. The highest BCUT2D eigenvalue weighted by Crippen LogP contribution is 2.41. The van der Waals surface area contributed by atoms with Gasteiger partial charge in [-0.2, -0.15) is 0 Å². The molecule has 70 valence electrons. The van der Waals surface area contributed by atoms with Gasteiger partial charge in [0.2, 0.25) is 0 Å². The van der Waals surface area contributed by atoms with Gasteiger partial charge in [0, 0.05) is 5.02 Å². The highest BCUT2D eigenvalue weighted by molar-refractivity contribution is 6.30. The van der Waals surface area contributed by atoms with Gasteiger partial charge in [0.15, 0.2) is 0 Å². The standard InChI is InChI=1S/C10H10ClFO/c11-8-4-7(5-9(12)6-8)10(13)2-1-3-10/h4-6,13H,1-3H2. The van der Waals surface area contributed by atoms with Gasteiger partial charge < -0.3 is 5.11 Å². The molecule has 0 atom stereocenters. The van der Waals surface area contributed by atoms with Crippen LogP contribution in [-0.4, -0.2) is 5.11 Å². The molecule has 1 N–H and O–H groups in total. The molecule has 13 heavy (non-hydrogen) atoms. The van der Waals surface area contributed by atoms with E-state index in [2.05, 4.69) is 0 Å². The van der Waals surface area contributed by atoms with E-state index in [-0.39, 0.29) is 5.82 Å². The Bertz CT molecular complexity index is 313. The fourth-order valence-electron chi connectivity index (χ4n) is 1.62. The van der Waals surface area contributed by atoms with Crippen molar-refractivity contribution in [3.8, 4) is 0 Å². The van der Waals surface area contributed by atoms with Gasteiger partial charge in [-0.15, -0.1) is 0 Å². The third-order valence-corrected chi connectivity index (χ3v) is 2.80. The van der Waals surface area contributed by atoms with Crippen LogP contribution in [0.2, 0.25) is 5.02 Å². The molecule has 0 spiro atoms. The minimum absolute atomic E-state index is 0.343. The molecular weight excluding hydrogens is 191 g/mol. The third kappa shape index (κ3) is 1.56. The van der Waals surface area contributed by atoms with Crippen molar-refractivity contribution in [3.63, 3.8) is 0 Å². The molecule has 0 unspecified atom stereocenters. The molecule has 0 saturated heterocycles. The zero-order chi connectivity index (χ0) is 9.47. The maximum Gasteiger partial charge on any atom is 0.125 e. The zero-order valence-electron chi connectivity index (χ0n) is 7.06. The fraction of sp³-hybridized carbons (Fsp3) is 0.400. The van der Waals surface area contributed by atoms with E-state index in [0.717, 1.165) is 6.42 Å². The van der Waals surface area contributed by atoms with Crippen LogP contribution in [0.3, 0.4) is 0 Å². The molecule has 0 radical (unpaired) electrons. The van der Waals surface area contributed by atoms with Crippen molar-refractivity contribution in [1.29, 1.82) is 0 Å². The summed E-state index contributed by atoms with van der Waals surface area (Å²) in [4.78, 5) is 0. The highest BCUT2D eigenvalue weighted by atomic mass is 35.5. The van der Waals surface area contributed by atoms with E-state index in [4.69, 9.17) is 11.6 Å². The quantitative estimate of drug-likeness (QED) is 0.739. The largest absolute Gasteiger partial charge is 0.385 e. The molecule has 0 aromatic heterocycles. The maximum atomic E-state index is 12.9. The average Bonchev–Trinajstić information content (AvgIpc) is 1.98. The van der Waals surface area contributed by atoms with E-state index >= 15 is 0 Å². The normalized spacial score (nSPS) is 19.6. The summed E-state index contributed by atoms with van der Waals surface area (Å²) in [6.07, 6.45) is 2.39. The molecule has 2 rings (SSSR count). The van der Waals surface area contributed by atoms with Gasteiger partial charge in [0.1, 0.15) is 5.82 Å². The van der Waals surface area contributed by atoms with Gasteiger partial charge in [0.05, 0.1) is 5.60 Å². The van der Waals surface area contributed by atoms with Crippen molar-refractivity contribution < 1.29 is 9.50 Å². The topological polar surface area (TPSA) is 20.2 Å². The molecule has 0 bridgehead atoms. The Kier molecular flexibility index (Phi) is 2.05. The molecule has 1 aromatic carbocycles. The summed E-state index contributed by atoms with van der Waals surface area (Å²) >= 11 is 5.69. The lowest BCUT2D eigenvalue weighted by Crippen LogP contribution is -2.33. The second-order valence-electron chi connectivity index (χ2n) is 3.54. The van der Waals surface area contributed by atoms with Crippen molar-refractivity contribution in [1.82, 2.24) is 0 Å². The van der Waals surface area contributed by atoms with E-state index in [9.17, 15) is 9.50 Å². The van der Waals surface area contributed by atoms with E-state index in [1.165, 1.54) is 12.1 Å². The first-order chi connectivity index (χ1) is 6.10. The summed E-state index contributed by atoms with van der Waals surface area (Å²) in [5.41, 5.74) is -0.227. The molecule has 1 fully saturated rings. The van der Waals surface area contributed by atoms with Crippen LogP contribution < -0.4 is 0 Å². The van der Waals surface area contributed by atoms with E-state index in [0.29, 0.717) is 23.4 Å². The summed E-state index contributed by atoms with van der Waals surface area (Å²) in [5.74, 6) is -0.386. The second-order valence-corrected chi connectivity index (χ2v) is 3.98. The lowest BCUT2D eigenvalue weighted by molar-refractivity contribution is -0.0390. The Hall–Kier alpha value is -0.600. The summed E-state index contributed by atoms with van der Waals surface area (Å²) in [5, 5.41) is 10.2. The molecule has 3 heteroatoms. The smallest absolute Gasteiger partial charge is 0.125 e. The Balaban J connectivity index is 2.39.